The fraction of sp³-hybridized carbons (Fsp3) is 0.440. The van der Waals surface area contributed by atoms with Gasteiger partial charge in [-0.05, 0) is 134 Å². The quantitative estimate of drug-likeness (QED) is 0.0146. The molecule has 29 nitrogen and oxygen atoms in total. The Morgan fingerprint density at radius 3 is 1.27 bits per heavy atom. The number of ether oxygens (including phenoxy) is 13. The summed E-state index contributed by atoms with van der Waals surface area (Å²) in [7, 11) is 1.23. The second-order valence-electron chi connectivity index (χ2n) is 22.6. The molecule has 6 rings (SSSR count). The molecule has 2 atom stereocenters. The van der Waals surface area contributed by atoms with Crippen molar-refractivity contribution in [3.8, 4) is 40.2 Å². The van der Waals surface area contributed by atoms with E-state index >= 15 is 0 Å². The lowest BCUT2D eigenvalue weighted by Gasteiger charge is -2.19. The third-order valence-corrected chi connectivity index (χ3v) is 13.4. The number of benzene rings is 5. The molecule has 1 aromatic heterocycles. The summed E-state index contributed by atoms with van der Waals surface area (Å²) in [6.45, 7) is 28.2. The van der Waals surface area contributed by atoms with Gasteiger partial charge in [0.05, 0.1) is 32.2 Å². The highest BCUT2D eigenvalue weighted by molar-refractivity contribution is 5.79. The van der Waals surface area contributed by atoms with E-state index in [1.807, 2.05) is 41.5 Å². The van der Waals surface area contributed by atoms with Crippen molar-refractivity contribution in [1.82, 2.24) is 30.9 Å². The van der Waals surface area contributed by atoms with Crippen LogP contribution in [0.5, 0.6) is 40.2 Å². The minimum absolute atomic E-state index is 0.00215. The monoisotopic (exact) mass is 1450 g/mol. The first-order chi connectivity index (χ1) is 49.6. The highest BCUT2D eigenvalue weighted by Gasteiger charge is 2.23. The standard InChI is InChI=1S/C16H19N3O6.C16H23NO4.C16H22O5.C14H19NO4.C13H17NO4/c1-4-19-13(8-17-18-19)10-23-15-7-12(9-24-16(21)22-3)5-6-14(15)25-11(2)20;1-5-17-15(11(2)3)16(19)21-14-8-6-13(7-9-14)10-20-12(4)18;1-4-5-6-9-19-16-10-14(11-20-12(2)17)7-8-15(16)21-13(3)18;1-4-15-10(2)14(17)19-13-7-5-12(6-8-13)9-18-11(3)16;1-3-14-8-13(16)18-12-6-4-11(5-7-12)9-17-10(2)15/h5-8H,4,9-10H2,1-3H3;6-9,11,15,17H,5,10H2,1-4H3;7-8,10H,4-6,9,11H2,1-3H3;5-8,10,15H,4,9H2,1-3H3;4-7,14H,3,8-9H2,1-2H3. The van der Waals surface area contributed by atoms with Crippen LogP contribution in [0.2, 0.25) is 0 Å². The first-order valence-corrected chi connectivity index (χ1v) is 33.7. The Morgan fingerprint density at radius 1 is 0.442 bits per heavy atom. The van der Waals surface area contributed by atoms with Gasteiger partial charge in [0.1, 0.15) is 69.0 Å². The molecule has 5 aromatic carbocycles. The van der Waals surface area contributed by atoms with Crippen LogP contribution in [0.1, 0.15) is 150 Å². The minimum atomic E-state index is -0.788. The number of rotatable bonds is 34. The number of likely N-dealkylation sites (N-methyl/N-ethyl adjacent to an activating group) is 3. The Balaban J connectivity index is 0.000000444. The summed E-state index contributed by atoms with van der Waals surface area (Å²) in [5.41, 5.74) is 4.74. The van der Waals surface area contributed by atoms with Crippen molar-refractivity contribution < 1.29 is 110 Å². The molecular formula is C75H100N6O23. The van der Waals surface area contributed by atoms with Crippen molar-refractivity contribution in [3.05, 3.63) is 149 Å². The van der Waals surface area contributed by atoms with Crippen LogP contribution in [-0.2, 0) is 118 Å². The van der Waals surface area contributed by atoms with Gasteiger partial charge in [0, 0.05) is 48.1 Å². The van der Waals surface area contributed by atoms with Crippen molar-refractivity contribution in [1.29, 1.82) is 0 Å². The molecule has 0 fully saturated rings. The molecule has 0 saturated heterocycles. The van der Waals surface area contributed by atoms with Gasteiger partial charge in [-0.15, -0.1) is 5.10 Å². The van der Waals surface area contributed by atoms with Gasteiger partial charge in [0.25, 0.3) is 0 Å². The van der Waals surface area contributed by atoms with Crippen LogP contribution < -0.4 is 49.1 Å². The number of hydrogen-bond donors (Lipinski definition) is 3. The highest BCUT2D eigenvalue weighted by Crippen LogP contribution is 2.31. The normalized spacial score (nSPS) is 10.8. The third kappa shape index (κ3) is 39.4. The zero-order valence-electron chi connectivity index (χ0n) is 62.0. The maximum atomic E-state index is 12.1. The Hall–Kier alpha value is -10.8. The maximum Gasteiger partial charge on any atom is 0.508 e. The second kappa shape index (κ2) is 51.4. The first kappa shape index (κ1) is 89.3. The maximum absolute atomic E-state index is 12.1. The van der Waals surface area contributed by atoms with Crippen LogP contribution in [0.15, 0.2) is 115 Å². The Bertz CT molecular complexity index is 3600. The number of aromatic nitrogens is 3. The molecule has 0 amide bonds. The summed E-state index contributed by atoms with van der Waals surface area (Å²) in [5, 5.41) is 16.7. The predicted molar refractivity (Wildman–Crippen MR) is 380 cm³/mol. The van der Waals surface area contributed by atoms with Gasteiger partial charge in [-0.3, -0.25) is 33.6 Å². The van der Waals surface area contributed by atoms with Gasteiger partial charge in [-0.1, -0.05) is 108 Å². The molecule has 0 spiro atoms. The molecule has 2 unspecified atom stereocenters. The SMILES string of the molecule is CCCCCOc1cc(COC(C)=O)ccc1OC(C)=O.CCNC(C(=O)Oc1ccc(COC(C)=O)cc1)C(C)C.CCNC(C)C(=O)Oc1ccc(COC(C)=O)cc1.CCNCC(=O)Oc1ccc(COC(C)=O)cc1.CCn1nncc1COc1cc(COC(=O)OC)ccc1OC(C)=O. The highest BCUT2D eigenvalue weighted by atomic mass is 16.7. The van der Waals surface area contributed by atoms with Crippen LogP contribution in [0.3, 0.4) is 0 Å². The van der Waals surface area contributed by atoms with Crippen molar-refractivity contribution in [2.45, 2.75) is 174 Å². The van der Waals surface area contributed by atoms with Crippen molar-refractivity contribution in [2.24, 2.45) is 5.92 Å². The fourth-order valence-corrected chi connectivity index (χ4v) is 8.21. The lowest BCUT2D eigenvalue weighted by atomic mass is 10.0. The van der Waals surface area contributed by atoms with E-state index in [0.717, 1.165) is 53.8 Å². The van der Waals surface area contributed by atoms with Crippen LogP contribution in [0.4, 0.5) is 4.79 Å². The molecule has 0 aliphatic carbocycles. The van der Waals surface area contributed by atoms with Gasteiger partial charge < -0.3 is 77.5 Å². The Morgan fingerprint density at radius 2 is 0.865 bits per heavy atom. The number of unbranched alkanes of at least 4 members (excludes halogenated alkanes) is 2. The molecule has 0 saturated carbocycles. The minimum Gasteiger partial charge on any atom is -0.490 e. The van der Waals surface area contributed by atoms with E-state index in [1.165, 1.54) is 48.7 Å². The topological polar surface area (TPSA) is 357 Å². The number of carbonyl (C=O) groups is 10. The largest absolute Gasteiger partial charge is 0.508 e. The van der Waals surface area contributed by atoms with Crippen molar-refractivity contribution in [2.75, 3.05) is 39.9 Å². The van der Waals surface area contributed by atoms with E-state index in [4.69, 9.17) is 56.8 Å². The van der Waals surface area contributed by atoms with E-state index in [2.05, 4.69) is 37.9 Å². The van der Waals surface area contributed by atoms with Gasteiger partial charge in [0.15, 0.2) is 23.0 Å². The summed E-state index contributed by atoms with van der Waals surface area (Å²) < 4.78 is 67.9. The van der Waals surface area contributed by atoms with Crippen LogP contribution >= 0.6 is 0 Å². The van der Waals surface area contributed by atoms with Crippen molar-refractivity contribution in [3.63, 3.8) is 0 Å². The summed E-state index contributed by atoms with van der Waals surface area (Å²) in [6, 6.07) is 29.9. The first-order valence-electron chi connectivity index (χ1n) is 33.7. The van der Waals surface area contributed by atoms with Crippen LogP contribution in [0, 0.1) is 5.92 Å². The van der Waals surface area contributed by atoms with Gasteiger partial charge in [-0.25, -0.2) is 19.1 Å². The predicted octanol–water partition coefficient (Wildman–Crippen LogP) is 10.5. The molecule has 1 heterocycles. The average molecular weight is 1450 g/mol. The van der Waals surface area contributed by atoms with Gasteiger partial charge in [-0.2, -0.15) is 0 Å². The molecule has 568 valence electrons. The number of methoxy groups -OCH3 is 1. The molecular weight excluding hydrogens is 1350 g/mol. The van der Waals surface area contributed by atoms with Gasteiger partial charge in [0.2, 0.25) is 0 Å². The molecule has 0 bridgehead atoms. The number of hydrogen-bond acceptors (Lipinski definition) is 28. The molecule has 0 aliphatic rings. The number of nitrogens with one attached hydrogen (secondary N) is 3. The molecule has 3 N–H and O–H groups in total. The smallest absolute Gasteiger partial charge is 0.490 e. The second-order valence-corrected chi connectivity index (χ2v) is 22.6. The van der Waals surface area contributed by atoms with E-state index in [9.17, 15) is 47.9 Å². The van der Waals surface area contributed by atoms with Crippen LogP contribution in [-0.4, -0.2) is 127 Å². The zero-order valence-corrected chi connectivity index (χ0v) is 62.0. The lowest BCUT2D eigenvalue weighted by Crippen LogP contribution is -2.43. The summed E-state index contributed by atoms with van der Waals surface area (Å²) in [6.07, 6.45) is 3.93. The molecule has 6 aromatic rings. The fourth-order valence-electron chi connectivity index (χ4n) is 8.21. The molecule has 0 aliphatic heterocycles. The van der Waals surface area contributed by atoms with E-state index < -0.39 is 18.1 Å². The van der Waals surface area contributed by atoms with Gasteiger partial charge >= 0.3 is 59.9 Å². The number of esters is 9. The summed E-state index contributed by atoms with van der Waals surface area (Å²) in [4.78, 5) is 111. The Labute approximate surface area is 607 Å². The van der Waals surface area contributed by atoms with E-state index in [-0.39, 0.29) is 112 Å². The molecule has 104 heavy (non-hydrogen) atoms. The van der Waals surface area contributed by atoms with E-state index in [0.29, 0.717) is 66.3 Å². The number of nitrogens with zero attached hydrogens (tertiary/aromatic N) is 3. The van der Waals surface area contributed by atoms with E-state index in [1.54, 1.807) is 127 Å². The zero-order chi connectivity index (χ0) is 77.4. The lowest BCUT2D eigenvalue weighted by molar-refractivity contribution is -0.143. The Kier molecular flexibility index (Phi) is 44.1. The third-order valence-electron chi connectivity index (χ3n) is 13.4. The summed E-state index contributed by atoms with van der Waals surface area (Å²) >= 11 is 0. The van der Waals surface area contributed by atoms with Crippen molar-refractivity contribution >= 4 is 59.9 Å². The number of aryl methyl sites for hydroxylation is 1. The van der Waals surface area contributed by atoms with Crippen LogP contribution in [0.25, 0.3) is 0 Å². The summed E-state index contributed by atoms with van der Waals surface area (Å²) in [5.74, 6) is -0.0666. The molecule has 0 radical (unpaired) electrons. The average Bonchev–Trinajstić information content (AvgIpc) is 1.38. The number of carbonyl (C=O) groups excluding carboxylic acids is 10. The molecule has 29 heteroatoms.